The first-order valence-electron chi connectivity index (χ1n) is 43.7. The summed E-state index contributed by atoms with van der Waals surface area (Å²) in [4.78, 5) is 0. The minimum absolute atomic E-state index is 0.0170. The molecule has 0 N–H and O–H groups in total. The zero-order valence-electron chi connectivity index (χ0n) is 71.6. The van der Waals surface area contributed by atoms with Crippen molar-refractivity contribution < 1.29 is 22.1 Å². The lowest BCUT2D eigenvalue weighted by atomic mass is 9.81. The highest BCUT2D eigenvalue weighted by molar-refractivity contribution is 9.11. The Kier molecular flexibility index (Phi) is 23.3. The highest BCUT2D eigenvalue weighted by Gasteiger charge is 2.36. The van der Waals surface area contributed by atoms with E-state index in [0.29, 0.717) is 0 Å². The molecule has 12 heteroatoms. The van der Waals surface area contributed by atoms with Gasteiger partial charge >= 0.3 is 0 Å². The zero-order valence-corrected chi connectivity index (χ0v) is 82.0. The van der Waals surface area contributed by atoms with Gasteiger partial charge in [-0.3, -0.25) is 0 Å². The molecule has 27 rings (SSSR count). The van der Waals surface area contributed by atoms with E-state index in [-0.39, 0.29) is 5.41 Å². The highest BCUT2D eigenvalue weighted by atomic mass is 79.9. The molecule has 1 aliphatic carbocycles. The molecule has 26 aromatic rings. The van der Waals surface area contributed by atoms with E-state index < -0.39 is 0 Å². The summed E-state index contributed by atoms with van der Waals surface area (Å²) in [6, 6.07) is 148. The van der Waals surface area contributed by atoms with Crippen LogP contribution in [0.4, 0.5) is 0 Å². The highest BCUT2D eigenvalue weighted by Crippen LogP contribution is 2.52. The molecule has 0 bridgehead atoms. The molecule has 20 aromatic carbocycles. The summed E-state index contributed by atoms with van der Waals surface area (Å²) < 4.78 is 38.6. The van der Waals surface area contributed by atoms with E-state index in [2.05, 4.69) is 425 Å². The molecule has 0 atom stereocenters. The smallest absolute Gasteiger partial charge is 0.135 e. The van der Waals surface area contributed by atoms with Crippen molar-refractivity contribution in [1.29, 1.82) is 0 Å². The summed E-state index contributed by atoms with van der Waals surface area (Å²) in [6.07, 6.45) is 0. The first-order chi connectivity index (χ1) is 65.1. The summed E-state index contributed by atoms with van der Waals surface area (Å²) in [7, 11) is 0. The van der Waals surface area contributed by atoms with Crippen molar-refractivity contribution in [3.05, 3.63) is 463 Å². The molecule has 1 aliphatic rings. The van der Waals surface area contributed by atoms with Crippen LogP contribution in [0.3, 0.4) is 0 Å². The summed E-state index contributed by atoms with van der Waals surface area (Å²) in [5.41, 5.74) is 29.5. The fraction of sp³-hybridized carbons (Fsp3) is 0.0248. The summed E-state index contributed by atoms with van der Waals surface area (Å²) >= 11 is 23.0. The number of halogens is 6. The van der Waals surface area contributed by atoms with Gasteiger partial charge in [-0.25, -0.2) is 0 Å². The van der Waals surface area contributed by atoms with Crippen molar-refractivity contribution in [3.63, 3.8) is 0 Å². The maximum atomic E-state index is 6.00. The predicted octanol–water partition coefficient (Wildman–Crippen LogP) is 40.0. The van der Waals surface area contributed by atoms with Gasteiger partial charge in [0.05, 0.1) is 0 Å². The van der Waals surface area contributed by atoms with Crippen molar-refractivity contribution in [2.45, 2.75) is 19.3 Å². The van der Waals surface area contributed by atoms with Gasteiger partial charge in [-0.1, -0.05) is 352 Å². The van der Waals surface area contributed by atoms with Crippen molar-refractivity contribution >= 4 is 248 Å². The number of fused-ring (bicyclic) bond motifs is 23. The molecular formula is C121H76Br6O5S. The first kappa shape index (κ1) is 85.2. The Labute approximate surface area is 821 Å². The Balaban J connectivity index is 0.0000000941. The van der Waals surface area contributed by atoms with Gasteiger partial charge in [0.2, 0.25) is 0 Å². The normalized spacial score (nSPS) is 12.0. The second-order valence-electron chi connectivity index (χ2n) is 33.6. The van der Waals surface area contributed by atoms with Gasteiger partial charge in [0, 0.05) is 106 Å². The van der Waals surface area contributed by atoms with E-state index in [1.165, 1.54) is 152 Å². The Morgan fingerprint density at radius 2 is 0.459 bits per heavy atom. The van der Waals surface area contributed by atoms with Crippen molar-refractivity contribution in [2.24, 2.45) is 0 Å². The molecule has 6 heterocycles. The molecule has 0 aliphatic heterocycles. The fourth-order valence-corrected chi connectivity index (χ4v) is 21.6. The Hall–Kier alpha value is -13.2. The summed E-state index contributed by atoms with van der Waals surface area (Å²) in [5.74, 6) is 0. The van der Waals surface area contributed by atoms with Gasteiger partial charge in [0.1, 0.15) is 55.8 Å². The summed E-state index contributed by atoms with van der Waals surface area (Å²) in [5, 5.41) is 17.1. The molecule has 0 saturated heterocycles. The average molecular weight is 2120 g/mol. The lowest BCUT2D eigenvalue weighted by Crippen LogP contribution is -2.15. The second-order valence-corrected chi connectivity index (χ2v) is 40.2. The SMILES string of the molecule is Brc1ccc(-c2cc3sc4ccccc4c3c3ccccc23)cc1.Brc1ccc(-c2ccc3oc4ccccc4c3c2)cc1.Brc1ccc(-c2cccc(-c3ccc4oc5ccccc5c4c3)c2)cc1.Brc1ccc2oc3ccccc3c2c1.Brc1cccc(-c2ccc3oc4ccccc4c3c2)c1.CC1(C)c2cc(Br)ccc2-c2ccc(-c3ccc4oc5ccccc5c4c3)cc21. The third-order valence-corrected chi connectivity index (χ3v) is 29.2. The number of rotatable bonds is 6. The van der Waals surface area contributed by atoms with Crippen molar-refractivity contribution in [1.82, 2.24) is 0 Å². The Morgan fingerprint density at radius 3 is 0.910 bits per heavy atom. The van der Waals surface area contributed by atoms with Crippen LogP contribution in [-0.2, 0) is 5.41 Å². The molecule has 0 radical (unpaired) electrons. The number of para-hydroxylation sites is 5. The maximum absolute atomic E-state index is 6.00. The maximum Gasteiger partial charge on any atom is 0.135 e. The number of hydrogen-bond donors (Lipinski definition) is 0. The van der Waals surface area contributed by atoms with Crippen LogP contribution in [0.5, 0.6) is 0 Å². The van der Waals surface area contributed by atoms with Gasteiger partial charge < -0.3 is 22.1 Å². The molecule has 638 valence electrons. The van der Waals surface area contributed by atoms with Crippen molar-refractivity contribution in [3.8, 4) is 77.9 Å². The van der Waals surface area contributed by atoms with Gasteiger partial charge in [0.25, 0.3) is 0 Å². The van der Waals surface area contributed by atoms with Crippen LogP contribution in [0.1, 0.15) is 25.0 Å². The predicted molar refractivity (Wildman–Crippen MR) is 582 cm³/mol. The number of furan rings is 5. The molecule has 0 fully saturated rings. The molecule has 0 saturated carbocycles. The molecule has 6 aromatic heterocycles. The standard InChI is InChI=1S/C27H19BrO.C24H15BrO.C22H13BrS.2C18H11BrO.C12H7BrO/c1-27(2)23-14-17(7-10-19(23)20-11-9-18(28)15-24(20)27)16-8-12-26-22(13-16)21-5-3-4-6-25(21)29-26;25-20-11-8-16(9-12-20)17-4-3-5-18(14-17)19-10-13-24-22(15-19)21-6-1-2-7-23(21)26-24;23-15-11-9-14(10-12-15)19-13-21-22(17-6-2-1-5-16(17)19)18-7-3-4-8-20(18)24-21;19-14-5-3-4-12(10-14)13-8-9-18-16(11-13)15-6-1-2-7-17(15)20-18;19-14-8-5-12(6-9-14)13-7-10-18-16(11-13)15-3-1-2-4-17(15)20-18;13-8-5-6-12-10(7-8)9-3-1-2-4-11(9)14-12/h3-15H,1-2H3;1-15H;1-13H;2*1-11H;1-7H. The van der Waals surface area contributed by atoms with Gasteiger partial charge in [-0.15, -0.1) is 11.3 Å². The molecule has 0 unspecified atom stereocenters. The molecule has 133 heavy (non-hydrogen) atoms. The van der Waals surface area contributed by atoms with Gasteiger partial charge in [-0.2, -0.15) is 0 Å². The third-order valence-electron chi connectivity index (χ3n) is 25.1. The summed E-state index contributed by atoms with van der Waals surface area (Å²) in [6.45, 7) is 4.64. The third kappa shape index (κ3) is 17.0. The minimum atomic E-state index is -0.0170. The largest absolute Gasteiger partial charge is 0.456 e. The second kappa shape index (κ2) is 36.4. The molecular weight excluding hydrogens is 2040 g/mol. The van der Waals surface area contributed by atoms with E-state index in [4.69, 9.17) is 22.1 Å². The fourth-order valence-electron chi connectivity index (χ4n) is 18.5. The van der Waals surface area contributed by atoms with Crippen LogP contribution in [0, 0.1) is 0 Å². The first-order valence-corrected chi connectivity index (χ1v) is 49.3. The van der Waals surface area contributed by atoms with Crippen LogP contribution >= 0.6 is 107 Å². The van der Waals surface area contributed by atoms with Crippen LogP contribution in [-0.4, -0.2) is 0 Å². The van der Waals surface area contributed by atoms with Gasteiger partial charge in [-0.05, 0) is 282 Å². The topological polar surface area (TPSA) is 65.7 Å². The van der Waals surface area contributed by atoms with E-state index >= 15 is 0 Å². The van der Waals surface area contributed by atoms with E-state index in [9.17, 15) is 0 Å². The van der Waals surface area contributed by atoms with Crippen LogP contribution in [0.25, 0.3) is 219 Å². The monoisotopic (exact) mass is 2110 g/mol. The molecule has 5 nitrogen and oxygen atoms in total. The van der Waals surface area contributed by atoms with Crippen LogP contribution < -0.4 is 0 Å². The van der Waals surface area contributed by atoms with Crippen molar-refractivity contribution in [2.75, 3.05) is 0 Å². The number of hydrogen-bond acceptors (Lipinski definition) is 6. The average Bonchev–Trinajstić information content (AvgIpc) is 1.56. The lowest BCUT2D eigenvalue weighted by Gasteiger charge is -2.22. The number of benzene rings is 20. The quantitative estimate of drug-likeness (QED) is 0.166. The Morgan fingerprint density at radius 1 is 0.173 bits per heavy atom. The van der Waals surface area contributed by atoms with E-state index in [1.807, 2.05) is 121 Å². The van der Waals surface area contributed by atoms with Gasteiger partial charge in [0.15, 0.2) is 0 Å². The van der Waals surface area contributed by atoms with E-state index in [0.717, 1.165) is 104 Å². The Bertz CT molecular complexity index is 8960. The van der Waals surface area contributed by atoms with Crippen LogP contribution in [0.2, 0.25) is 0 Å². The molecule has 0 spiro atoms. The molecule has 0 amide bonds. The van der Waals surface area contributed by atoms with E-state index in [1.54, 1.807) is 0 Å². The van der Waals surface area contributed by atoms with Crippen LogP contribution in [0.15, 0.2) is 474 Å². The minimum Gasteiger partial charge on any atom is -0.456 e. The lowest BCUT2D eigenvalue weighted by molar-refractivity contribution is 0.660. The zero-order chi connectivity index (χ0) is 90.0. The number of thiophene rings is 1.